The van der Waals surface area contributed by atoms with Crippen molar-refractivity contribution in [2.75, 3.05) is 6.54 Å². The van der Waals surface area contributed by atoms with Crippen molar-refractivity contribution >= 4 is 11.8 Å². The lowest BCUT2D eigenvalue weighted by Gasteiger charge is -2.29. The Morgan fingerprint density at radius 2 is 1.96 bits per heavy atom. The quantitative estimate of drug-likeness (QED) is 0.713. The predicted molar refractivity (Wildman–Crippen MR) is 95.5 cm³/mol. The molecule has 2 rings (SSSR count). The SMILES string of the molecule is CCCNC(=O)[C@H](NC(=O)[C@@H]1Cc2ccccc2CN1)[C@@H](C)CC. The van der Waals surface area contributed by atoms with Gasteiger partial charge in [-0.1, -0.05) is 51.5 Å². The summed E-state index contributed by atoms with van der Waals surface area (Å²) in [5.74, 6) is -0.0844. The first kappa shape index (κ1) is 18.5. The van der Waals surface area contributed by atoms with Gasteiger partial charge in [-0.25, -0.2) is 0 Å². The van der Waals surface area contributed by atoms with Crippen LogP contribution in [0.2, 0.25) is 0 Å². The summed E-state index contributed by atoms with van der Waals surface area (Å²) in [7, 11) is 0. The standard InChI is InChI=1S/C19H29N3O2/c1-4-10-20-19(24)17(13(3)5-2)22-18(23)16-11-14-8-6-7-9-15(14)12-21-16/h6-9,13,16-17,21H,4-5,10-12H2,1-3H3,(H,20,24)(H,22,23)/t13-,16-,17+/m0/s1. The van der Waals surface area contributed by atoms with Crippen LogP contribution in [0.5, 0.6) is 0 Å². The first-order chi connectivity index (χ1) is 11.6. The molecule has 0 aliphatic carbocycles. The Bertz CT molecular complexity index is 573. The molecule has 1 heterocycles. The van der Waals surface area contributed by atoms with E-state index in [1.54, 1.807) is 0 Å². The van der Waals surface area contributed by atoms with Gasteiger partial charge in [-0.3, -0.25) is 9.59 Å². The van der Waals surface area contributed by atoms with E-state index in [0.29, 0.717) is 19.5 Å². The Kier molecular flexibility index (Phi) is 6.79. The summed E-state index contributed by atoms with van der Waals surface area (Å²) in [5, 5.41) is 9.14. The van der Waals surface area contributed by atoms with E-state index in [2.05, 4.69) is 28.1 Å². The zero-order valence-corrected chi connectivity index (χ0v) is 14.9. The minimum Gasteiger partial charge on any atom is -0.354 e. The second kappa shape index (κ2) is 8.83. The summed E-state index contributed by atoms with van der Waals surface area (Å²) in [6.07, 6.45) is 2.38. The minimum atomic E-state index is -0.479. The van der Waals surface area contributed by atoms with Gasteiger partial charge < -0.3 is 16.0 Å². The van der Waals surface area contributed by atoms with Crippen molar-refractivity contribution in [1.29, 1.82) is 0 Å². The molecule has 5 nitrogen and oxygen atoms in total. The topological polar surface area (TPSA) is 70.2 Å². The Hall–Kier alpha value is -1.88. The van der Waals surface area contributed by atoms with Gasteiger partial charge in [0, 0.05) is 13.1 Å². The lowest BCUT2D eigenvalue weighted by molar-refractivity contribution is -0.131. The maximum atomic E-state index is 12.7. The molecular formula is C19H29N3O2. The highest BCUT2D eigenvalue weighted by Crippen LogP contribution is 2.17. The molecule has 1 aliphatic heterocycles. The summed E-state index contributed by atoms with van der Waals surface area (Å²) in [6, 6.07) is 7.39. The highest BCUT2D eigenvalue weighted by atomic mass is 16.2. The molecule has 0 fully saturated rings. The van der Waals surface area contributed by atoms with Crippen LogP contribution in [-0.2, 0) is 22.6 Å². The fourth-order valence-corrected chi connectivity index (χ4v) is 2.95. The Labute approximate surface area is 144 Å². The molecule has 3 N–H and O–H groups in total. The molecule has 0 spiro atoms. The monoisotopic (exact) mass is 331 g/mol. The average Bonchev–Trinajstić information content (AvgIpc) is 2.62. The molecule has 0 unspecified atom stereocenters. The first-order valence-electron chi connectivity index (χ1n) is 8.95. The molecule has 1 aliphatic rings. The molecule has 1 aromatic rings. The van der Waals surface area contributed by atoms with Crippen LogP contribution in [0.4, 0.5) is 0 Å². The van der Waals surface area contributed by atoms with Crippen LogP contribution in [-0.4, -0.2) is 30.4 Å². The van der Waals surface area contributed by atoms with Crippen LogP contribution < -0.4 is 16.0 Å². The van der Waals surface area contributed by atoms with Crippen LogP contribution in [0.15, 0.2) is 24.3 Å². The molecule has 0 aromatic heterocycles. The van der Waals surface area contributed by atoms with Crippen molar-refractivity contribution in [2.45, 2.75) is 58.7 Å². The second-order valence-corrected chi connectivity index (χ2v) is 6.57. The lowest BCUT2D eigenvalue weighted by atomic mass is 9.94. The highest BCUT2D eigenvalue weighted by molar-refractivity contribution is 5.90. The van der Waals surface area contributed by atoms with E-state index >= 15 is 0 Å². The fourth-order valence-electron chi connectivity index (χ4n) is 2.95. The lowest BCUT2D eigenvalue weighted by Crippen LogP contribution is -2.56. The van der Waals surface area contributed by atoms with Crippen molar-refractivity contribution in [1.82, 2.24) is 16.0 Å². The van der Waals surface area contributed by atoms with E-state index in [1.165, 1.54) is 11.1 Å². The van der Waals surface area contributed by atoms with Crippen LogP contribution in [0.3, 0.4) is 0 Å². The summed E-state index contributed by atoms with van der Waals surface area (Å²) in [6.45, 7) is 7.37. The van der Waals surface area contributed by atoms with Gasteiger partial charge in [-0.15, -0.1) is 0 Å². The number of benzene rings is 1. The van der Waals surface area contributed by atoms with Crippen molar-refractivity contribution in [3.05, 3.63) is 35.4 Å². The van der Waals surface area contributed by atoms with Gasteiger partial charge in [0.2, 0.25) is 11.8 Å². The Morgan fingerprint density at radius 3 is 2.62 bits per heavy atom. The Morgan fingerprint density at radius 1 is 1.25 bits per heavy atom. The molecule has 5 heteroatoms. The number of hydrogen-bond donors (Lipinski definition) is 3. The first-order valence-corrected chi connectivity index (χ1v) is 8.95. The third-order valence-corrected chi connectivity index (χ3v) is 4.74. The molecular weight excluding hydrogens is 302 g/mol. The van der Waals surface area contributed by atoms with E-state index in [9.17, 15) is 9.59 Å². The number of carbonyl (C=O) groups excluding carboxylic acids is 2. The van der Waals surface area contributed by atoms with Gasteiger partial charge in [-0.2, -0.15) is 0 Å². The summed E-state index contributed by atoms with van der Waals surface area (Å²) < 4.78 is 0. The molecule has 3 atom stereocenters. The normalized spacial score (nSPS) is 19.0. The molecule has 132 valence electrons. The highest BCUT2D eigenvalue weighted by Gasteiger charge is 2.30. The van der Waals surface area contributed by atoms with Crippen molar-refractivity contribution in [2.24, 2.45) is 5.92 Å². The van der Waals surface area contributed by atoms with Gasteiger partial charge in [0.1, 0.15) is 6.04 Å². The second-order valence-electron chi connectivity index (χ2n) is 6.57. The summed E-state index contributed by atoms with van der Waals surface area (Å²) >= 11 is 0. The molecule has 0 bridgehead atoms. The maximum absolute atomic E-state index is 12.7. The molecule has 1 aromatic carbocycles. The molecule has 2 amide bonds. The Balaban J connectivity index is 2.01. The van der Waals surface area contributed by atoms with Gasteiger partial charge in [0.05, 0.1) is 6.04 Å². The number of hydrogen-bond acceptors (Lipinski definition) is 3. The van der Waals surface area contributed by atoms with Crippen molar-refractivity contribution in [3.63, 3.8) is 0 Å². The third kappa shape index (κ3) is 4.57. The zero-order valence-electron chi connectivity index (χ0n) is 14.9. The smallest absolute Gasteiger partial charge is 0.242 e. The van der Waals surface area contributed by atoms with E-state index in [-0.39, 0.29) is 23.8 Å². The molecule has 0 saturated heterocycles. The van der Waals surface area contributed by atoms with Crippen LogP contribution in [0.1, 0.15) is 44.7 Å². The van der Waals surface area contributed by atoms with Gasteiger partial charge in [-0.05, 0) is 29.9 Å². The van der Waals surface area contributed by atoms with Crippen molar-refractivity contribution < 1.29 is 9.59 Å². The minimum absolute atomic E-state index is 0.0873. The van der Waals surface area contributed by atoms with Gasteiger partial charge in [0.25, 0.3) is 0 Å². The molecule has 24 heavy (non-hydrogen) atoms. The maximum Gasteiger partial charge on any atom is 0.242 e. The van der Waals surface area contributed by atoms with E-state index in [0.717, 1.165) is 12.8 Å². The number of fused-ring (bicyclic) bond motifs is 1. The average molecular weight is 331 g/mol. The fraction of sp³-hybridized carbons (Fsp3) is 0.579. The third-order valence-electron chi connectivity index (χ3n) is 4.74. The number of carbonyl (C=O) groups is 2. The van der Waals surface area contributed by atoms with E-state index < -0.39 is 6.04 Å². The van der Waals surface area contributed by atoms with E-state index in [4.69, 9.17) is 0 Å². The van der Waals surface area contributed by atoms with Crippen molar-refractivity contribution in [3.8, 4) is 0 Å². The number of nitrogens with one attached hydrogen (secondary N) is 3. The summed E-state index contributed by atoms with van der Waals surface area (Å²) in [4.78, 5) is 25.0. The number of rotatable bonds is 7. The zero-order chi connectivity index (χ0) is 17.5. The van der Waals surface area contributed by atoms with Gasteiger partial charge in [0.15, 0.2) is 0 Å². The molecule has 0 radical (unpaired) electrons. The van der Waals surface area contributed by atoms with Crippen LogP contribution in [0.25, 0.3) is 0 Å². The predicted octanol–water partition coefficient (Wildman–Crippen LogP) is 1.76. The largest absolute Gasteiger partial charge is 0.354 e. The summed E-state index contributed by atoms with van der Waals surface area (Å²) in [5.41, 5.74) is 2.44. The van der Waals surface area contributed by atoms with Crippen LogP contribution in [0, 0.1) is 5.92 Å². The van der Waals surface area contributed by atoms with Gasteiger partial charge >= 0.3 is 0 Å². The van der Waals surface area contributed by atoms with E-state index in [1.807, 2.05) is 32.9 Å². The number of amides is 2. The van der Waals surface area contributed by atoms with Crippen LogP contribution >= 0.6 is 0 Å². The molecule has 0 saturated carbocycles.